The number of aliphatic imine (C=N–C) groups is 4. The summed E-state index contributed by atoms with van der Waals surface area (Å²) in [7, 11) is 38.9. The number of ether oxygens (including phenoxy) is 1. The molecule has 6 N–H and O–H groups in total. The Morgan fingerprint density at radius 1 is 0.505 bits per heavy atom. The van der Waals surface area contributed by atoms with E-state index < -0.39 is 0 Å². The molecule has 0 saturated carbocycles. The smallest absolute Gasteiger partial charge is 0.211 e. The second-order valence-corrected chi connectivity index (χ2v) is 29.7. The van der Waals surface area contributed by atoms with Crippen LogP contribution >= 0.6 is 11.3 Å². The summed E-state index contributed by atoms with van der Waals surface area (Å²) in [4.78, 5) is 49.5. The van der Waals surface area contributed by atoms with Crippen molar-refractivity contribution in [2.45, 2.75) is 65.2 Å². The molecule has 26 nitrogen and oxygen atoms in total. The van der Waals surface area contributed by atoms with Crippen molar-refractivity contribution in [3.8, 4) is 6.19 Å². The predicted molar refractivity (Wildman–Crippen MR) is 446 cm³/mol. The predicted octanol–water partition coefficient (Wildman–Crippen LogP) is 3.81. The highest BCUT2D eigenvalue weighted by atomic mass is 32.1. The van der Waals surface area contributed by atoms with Crippen molar-refractivity contribution in [2.75, 3.05) is 343 Å². The lowest BCUT2D eigenvalue weighted by atomic mass is 10.1. The van der Waals surface area contributed by atoms with Crippen molar-refractivity contribution < 1.29 is 4.74 Å². The SMILES string of the molecule is CN(C)CCN(C)C(=NC#N)N(C)C.CN(C)CCN1CCCC1.CN(C)CCN1CCCCC1.CN(C)CCN1CCCCC1.CN(C)CCN1CCOCC1.CNCCN(C)C1=NCCN1.CNCCN(C)C1=NCCN1C.CNCCNC1=NCCN1.Cc1ccccc1.Cc1cccs1. The third-order valence-corrected chi connectivity index (χ3v) is 18.0. The van der Waals surface area contributed by atoms with Gasteiger partial charge in [-0.2, -0.15) is 5.26 Å². The molecule has 0 spiro atoms. The van der Waals surface area contributed by atoms with Crippen LogP contribution in [-0.4, -0.2) is 436 Å². The van der Waals surface area contributed by atoms with Crippen molar-refractivity contribution in [1.29, 1.82) is 5.26 Å². The van der Waals surface area contributed by atoms with Gasteiger partial charge in [0.1, 0.15) is 0 Å². The number of aryl methyl sites for hydroxylation is 2. The van der Waals surface area contributed by atoms with Gasteiger partial charge in [0, 0.05) is 185 Å². The van der Waals surface area contributed by atoms with Crippen LogP contribution in [0.25, 0.3) is 0 Å². The quantitative estimate of drug-likeness (QED) is 0.0384. The fourth-order valence-electron chi connectivity index (χ4n) is 10.6. The van der Waals surface area contributed by atoms with E-state index in [2.05, 4.69) is 232 Å². The minimum Gasteiger partial charge on any atom is -0.379 e. The third kappa shape index (κ3) is 58.8. The maximum Gasteiger partial charge on any atom is 0.211 e. The van der Waals surface area contributed by atoms with Crippen molar-refractivity contribution in [3.05, 3.63) is 58.3 Å². The summed E-state index contributed by atoms with van der Waals surface area (Å²) in [6.45, 7) is 39.4. The molecular weight excluding hydrogens is 1310 g/mol. The van der Waals surface area contributed by atoms with Crippen LogP contribution in [0.4, 0.5) is 0 Å². The number of hydrogen-bond donors (Lipinski definition) is 6. The number of likely N-dealkylation sites (tertiary alicyclic amines) is 3. The van der Waals surface area contributed by atoms with E-state index in [1.54, 1.807) is 11.3 Å². The molecule has 0 bridgehead atoms. The lowest BCUT2D eigenvalue weighted by Gasteiger charge is -2.27. The number of nitriles is 1. The molecule has 1 aromatic carbocycles. The van der Waals surface area contributed by atoms with E-state index in [4.69, 9.17) is 10.00 Å². The van der Waals surface area contributed by atoms with Crippen LogP contribution in [0.1, 0.15) is 61.8 Å². The van der Waals surface area contributed by atoms with Crippen LogP contribution in [0.2, 0.25) is 0 Å². The van der Waals surface area contributed by atoms with E-state index in [-0.39, 0.29) is 0 Å². The normalized spacial score (nSPS) is 16.6. The lowest BCUT2D eigenvalue weighted by Crippen LogP contribution is -2.41. The molecule has 4 fully saturated rings. The van der Waals surface area contributed by atoms with Crippen LogP contribution in [0, 0.1) is 25.3 Å². The van der Waals surface area contributed by atoms with Gasteiger partial charge >= 0.3 is 0 Å². The summed E-state index contributed by atoms with van der Waals surface area (Å²) in [6, 6.07) is 14.4. The van der Waals surface area contributed by atoms with Gasteiger partial charge < -0.3 is 100 Å². The standard InChI is InChI=1S/C9H19N5.2C9H20N2.C8H18N4.C8H18N2O.C8H18N2.C7H16N4.C7H8.C6H14N4.C5H6S/c1-12(2)6-7-14(5)9(11-8-10)13(3)4;2*1-10(2)8-9-11-6-4-3-5-7-11;1-9-4-6-11(2)8-10-5-7-12(8)3;1-9(2)3-4-10-5-7-11-8-6-10;1-9(2)7-8-10-5-3-4-6-10;1-8-5-6-11(2)7-9-3-4-10-7;1-7-5-3-2-4-6-7;1-7-2-3-8-6-9-4-5-10-6;1-5-3-2-4-6-5/h6-7H2,1-5H3;2*3-9H2,1-2H3;9H,4-7H2,1-3H3;3-8H2,1-2H3;3-8H2,1-2H3;8H,3-6H2,1-2H3,(H,9,10);2-6H,1H3;7H,2-5H2,1H3,(H2,8,9,10);2-4H,1H3. The molecule has 9 rings (SSSR count). The van der Waals surface area contributed by atoms with Crippen LogP contribution in [0.15, 0.2) is 67.8 Å². The molecule has 7 aliphatic rings. The van der Waals surface area contributed by atoms with E-state index in [1.165, 1.54) is 147 Å². The van der Waals surface area contributed by atoms with Crippen molar-refractivity contribution >= 4 is 35.2 Å². The van der Waals surface area contributed by atoms with Gasteiger partial charge in [0.15, 0.2) is 17.9 Å². The highest BCUT2D eigenvalue weighted by Gasteiger charge is 2.17. The zero-order valence-electron chi connectivity index (χ0n) is 69.7. The van der Waals surface area contributed by atoms with Crippen LogP contribution < -0.4 is 31.9 Å². The Labute approximate surface area is 635 Å². The molecule has 103 heavy (non-hydrogen) atoms. The Morgan fingerprint density at radius 2 is 0.961 bits per heavy atom. The summed E-state index contributed by atoms with van der Waals surface area (Å²) in [5.74, 6) is 3.77. The van der Waals surface area contributed by atoms with Gasteiger partial charge in [-0.3, -0.25) is 19.9 Å². The second kappa shape index (κ2) is 66.4. The molecule has 0 atom stereocenters. The van der Waals surface area contributed by atoms with Gasteiger partial charge in [0.2, 0.25) is 12.2 Å². The summed E-state index contributed by atoms with van der Waals surface area (Å²) in [6.07, 6.45) is 13.2. The molecule has 27 heteroatoms. The second-order valence-electron chi connectivity index (χ2n) is 28.5. The first-order valence-corrected chi connectivity index (χ1v) is 39.3. The highest BCUT2D eigenvalue weighted by Crippen LogP contribution is 2.10. The number of nitrogens with one attached hydrogen (secondary N) is 6. The molecule has 7 aliphatic heterocycles. The van der Waals surface area contributed by atoms with E-state index in [0.717, 1.165) is 142 Å². The summed E-state index contributed by atoms with van der Waals surface area (Å²) < 4.78 is 5.25. The van der Waals surface area contributed by atoms with Crippen molar-refractivity contribution in [1.82, 2.24) is 100 Å². The number of piperidine rings is 2. The van der Waals surface area contributed by atoms with E-state index in [1.807, 2.05) is 90.6 Å². The number of thiophene rings is 1. The molecule has 0 unspecified atom stereocenters. The molecule has 598 valence electrons. The van der Waals surface area contributed by atoms with Gasteiger partial charge in [-0.1, -0.05) is 54.8 Å². The maximum absolute atomic E-state index is 8.51. The maximum atomic E-state index is 8.51. The van der Waals surface area contributed by atoms with Gasteiger partial charge in [-0.15, -0.1) is 16.3 Å². The molecule has 0 radical (unpaired) electrons. The Balaban J connectivity index is 0.00000113. The van der Waals surface area contributed by atoms with Gasteiger partial charge in [0.05, 0.1) is 32.8 Å². The molecule has 2 aromatic rings. The topological polar surface area (TPSA) is 200 Å². The van der Waals surface area contributed by atoms with Crippen LogP contribution in [-0.2, 0) is 4.74 Å². The number of morpholine rings is 1. The Morgan fingerprint density at radius 3 is 1.31 bits per heavy atom. The first-order valence-electron chi connectivity index (χ1n) is 38.5. The Kier molecular flexibility index (Phi) is 63.2. The molecule has 4 saturated heterocycles. The van der Waals surface area contributed by atoms with Crippen molar-refractivity contribution in [3.63, 3.8) is 0 Å². The number of likely N-dealkylation sites (N-methyl/N-ethyl adjacent to an activating group) is 12. The number of rotatable bonds is 24. The Hall–Kier alpha value is -5.03. The first-order chi connectivity index (χ1) is 49.5. The number of guanidine groups is 4. The van der Waals surface area contributed by atoms with Crippen LogP contribution in [0.3, 0.4) is 0 Å². The van der Waals surface area contributed by atoms with Crippen LogP contribution in [0.5, 0.6) is 0 Å². The summed E-state index contributed by atoms with van der Waals surface area (Å²) in [5, 5.41) is 29.4. The Bertz CT molecular complexity index is 2290. The first kappa shape index (κ1) is 98.0. The molecule has 0 aliphatic carbocycles. The van der Waals surface area contributed by atoms with Gasteiger partial charge in [-0.05, 0) is 195 Å². The largest absolute Gasteiger partial charge is 0.379 e. The zero-order chi connectivity index (χ0) is 76.7. The van der Waals surface area contributed by atoms with Gasteiger partial charge in [0.25, 0.3) is 0 Å². The molecule has 1 aromatic heterocycles. The molecule has 0 amide bonds. The minimum absolute atomic E-state index is 0.689. The molecule has 8 heterocycles. The summed E-state index contributed by atoms with van der Waals surface area (Å²) in [5.41, 5.74) is 1.32. The zero-order valence-corrected chi connectivity index (χ0v) is 70.5. The van der Waals surface area contributed by atoms with E-state index >= 15 is 0 Å². The monoisotopic (exact) mass is 1470 g/mol. The average Bonchev–Trinajstić information content (AvgIpc) is 1.79. The fraction of sp³-hybridized carbons (Fsp3) is 0.803. The third-order valence-electron chi connectivity index (χ3n) is 17.2. The molecular formula is C76H157N25OS. The van der Waals surface area contributed by atoms with Crippen molar-refractivity contribution in [2.24, 2.45) is 20.0 Å². The highest BCUT2D eigenvalue weighted by molar-refractivity contribution is 7.09. The lowest BCUT2D eigenvalue weighted by molar-refractivity contribution is 0.0354. The number of hydrogen-bond acceptors (Lipinski definition) is 25. The number of benzene rings is 1. The van der Waals surface area contributed by atoms with Gasteiger partial charge in [-0.25, -0.2) is 0 Å². The fourth-order valence-corrected chi connectivity index (χ4v) is 11.2. The number of nitrogens with zero attached hydrogens (tertiary/aromatic N) is 19. The minimum atomic E-state index is 0.689. The van der Waals surface area contributed by atoms with E-state index in [9.17, 15) is 0 Å². The average molecular weight is 1470 g/mol. The summed E-state index contributed by atoms with van der Waals surface area (Å²) >= 11 is 1.78. The van der Waals surface area contributed by atoms with E-state index in [0.29, 0.717) is 5.96 Å².